The van der Waals surface area contributed by atoms with Crippen molar-refractivity contribution in [3.8, 4) is 0 Å². The van der Waals surface area contributed by atoms with Crippen molar-refractivity contribution in [2.45, 2.75) is 38.1 Å². The molecule has 192 valence electrons. The summed E-state index contributed by atoms with van der Waals surface area (Å²) in [5.74, 6) is -0.453. The van der Waals surface area contributed by atoms with E-state index in [9.17, 15) is 21.6 Å². The number of nitrogens with one attached hydrogen (secondary N) is 1. The molecule has 1 N–H and O–H groups in total. The summed E-state index contributed by atoms with van der Waals surface area (Å²) in [5, 5.41) is 2.92. The van der Waals surface area contributed by atoms with Crippen LogP contribution in [-0.2, 0) is 29.6 Å². The van der Waals surface area contributed by atoms with Crippen LogP contribution in [0.4, 0.5) is 5.69 Å². The maximum atomic E-state index is 12.9. The molecule has 0 saturated carbocycles. The van der Waals surface area contributed by atoms with Crippen molar-refractivity contribution in [3.05, 3.63) is 59.2 Å². The lowest BCUT2D eigenvalue weighted by atomic mass is 9.99. The number of nitrogens with zero attached hydrogens (tertiary/aromatic N) is 2. The van der Waals surface area contributed by atoms with Crippen molar-refractivity contribution in [1.82, 2.24) is 9.62 Å². The van der Waals surface area contributed by atoms with Crippen LogP contribution in [0.3, 0.4) is 0 Å². The quantitative estimate of drug-likeness (QED) is 0.540. The van der Waals surface area contributed by atoms with Crippen molar-refractivity contribution in [1.29, 1.82) is 0 Å². The summed E-state index contributed by atoms with van der Waals surface area (Å²) in [7, 11) is -7.52. The average molecular weight is 524 g/mol. The van der Waals surface area contributed by atoms with Gasteiger partial charge in [0.2, 0.25) is 26.0 Å². The van der Waals surface area contributed by atoms with E-state index >= 15 is 0 Å². The molecule has 1 heterocycles. The Bertz CT molecular complexity index is 1250. The normalized spacial score (nSPS) is 16.0. The van der Waals surface area contributed by atoms with E-state index in [-0.39, 0.29) is 29.7 Å². The molecule has 0 aliphatic carbocycles. The molecule has 35 heavy (non-hydrogen) atoms. The number of ether oxygens (including phenoxy) is 1. The number of anilines is 1. The van der Waals surface area contributed by atoms with Crippen LogP contribution in [0.15, 0.2) is 47.4 Å². The molecule has 1 atom stereocenters. The first-order chi connectivity index (χ1) is 16.4. The minimum Gasteiger partial charge on any atom is -0.379 e. The third-order valence-electron chi connectivity index (χ3n) is 6.10. The highest BCUT2D eigenvalue weighted by Gasteiger charge is 2.27. The minimum absolute atomic E-state index is 0.0573. The van der Waals surface area contributed by atoms with Gasteiger partial charge in [-0.25, -0.2) is 16.8 Å². The molecule has 0 aromatic heterocycles. The summed E-state index contributed by atoms with van der Waals surface area (Å²) >= 11 is 0. The Labute approximate surface area is 208 Å². The molecule has 1 amide bonds. The zero-order chi connectivity index (χ0) is 25.8. The first kappa shape index (κ1) is 27.1. The molecule has 1 saturated heterocycles. The Morgan fingerprint density at radius 3 is 2.20 bits per heavy atom. The molecule has 2 aromatic carbocycles. The van der Waals surface area contributed by atoms with Gasteiger partial charge in [-0.1, -0.05) is 25.1 Å². The second kappa shape index (κ2) is 11.1. The van der Waals surface area contributed by atoms with Gasteiger partial charge in [-0.15, -0.1) is 0 Å². The fourth-order valence-electron chi connectivity index (χ4n) is 3.89. The van der Waals surface area contributed by atoms with Crippen LogP contribution >= 0.6 is 0 Å². The molecule has 9 nitrogen and oxygen atoms in total. The van der Waals surface area contributed by atoms with Crippen LogP contribution in [0, 0.1) is 13.8 Å². The summed E-state index contributed by atoms with van der Waals surface area (Å²) in [6, 6.07) is 11.2. The summed E-state index contributed by atoms with van der Waals surface area (Å²) in [6.45, 7) is 6.72. The largest absolute Gasteiger partial charge is 0.379 e. The number of carbonyl (C=O) groups is 1. The molecule has 1 aliphatic rings. The van der Waals surface area contributed by atoms with Crippen molar-refractivity contribution >= 4 is 31.6 Å². The standard InChI is InChI=1S/C24H33N3O6S2/c1-5-23(20-7-6-18(2)19(3)16-20)25-24(28)17-27(34(4,29)30)21-8-10-22(11-9-21)35(31,32)26-12-14-33-15-13-26/h6-11,16,23H,5,12-15,17H2,1-4H3,(H,25,28). The molecule has 0 spiro atoms. The van der Waals surface area contributed by atoms with Crippen LogP contribution in [0.25, 0.3) is 0 Å². The predicted octanol–water partition coefficient (Wildman–Crippen LogP) is 2.36. The van der Waals surface area contributed by atoms with Crippen molar-refractivity contribution < 1.29 is 26.4 Å². The average Bonchev–Trinajstić information content (AvgIpc) is 2.83. The fourth-order valence-corrected chi connectivity index (χ4v) is 6.16. The highest BCUT2D eigenvalue weighted by Crippen LogP contribution is 2.24. The lowest BCUT2D eigenvalue weighted by molar-refractivity contribution is -0.120. The molecule has 1 unspecified atom stereocenters. The first-order valence-corrected chi connectivity index (χ1v) is 14.7. The third-order valence-corrected chi connectivity index (χ3v) is 9.15. The number of carbonyl (C=O) groups excluding carboxylic acids is 1. The van der Waals surface area contributed by atoms with Crippen molar-refractivity contribution in [3.63, 3.8) is 0 Å². The van der Waals surface area contributed by atoms with Crippen LogP contribution in [0.2, 0.25) is 0 Å². The van der Waals surface area contributed by atoms with Gasteiger partial charge in [-0.05, 0) is 61.2 Å². The van der Waals surface area contributed by atoms with Gasteiger partial charge in [0.25, 0.3) is 0 Å². The van der Waals surface area contributed by atoms with Crippen molar-refractivity contribution in [2.24, 2.45) is 0 Å². The number of aryl methyl sites for hydroxylation is 2. The van der Waals surface area contributed by atoms with Gasteiger partial charge in [-0.2, -0.15) is 4.31 Å². The lowest BCUT2D eigenvalue weighted by Crippen LogP contribution is -2.41. The Morgan fingerprint density at radius 2 is 1.66 bits per heavy atom. The number of amides is 1. The molecule has 3 rings (SSSR count). The third kappa shape index (κ3) is 6.60. The monoisotopic (exact) mass is 523 g/mol. The van der Waals surface area contributed by atoms with Crippen LogP contribution < -0.4 is 9.62 Å². The van der Waals surface area contributed by atoms with E-state index < -0.39 is 32.5 Å². The van der Waals surface area contributed by atoms with Crippen LogP contribution in [0.1, 0.15) is 36.1 Å². The highest BCUT2D eigenvalue weighted by molar-refractivity contribution is 7.92. The number of morpholine rings is 1. The lowest BCUT2D eigenvalue weighted by Gasteiger charge is -2.27. The number of rotatable bonds is 9. The first-order valence-electron chi connectivity index (χ1n) is 11.5. The minimum atomic E-state index is -3.81. The number of sulfonamides is 2. The maximum Gasteiger partial charge on any atom is 0.243 e. The van der Waals surface area contributed by atoms with Crippen LogP contribution in [-0.4, -0.2) is 66.2 Å². The fraction of sp³-hybridized carbons (Fsp3) is 0.458. The molecule has 0 radical (unpaired) electrons. The van der Waals surface area contributed by atoms with E-state index in [2.05, 4.69) is 5.32 Å². The van der Waals surface area contributed by atoms with Gasteiger partial charge >= 0.3 is 0 Å². The smallest absolute Gasteiger partial charge is 0.243 e. The summed E-state index contributed by atoms with van der Waals surface area (Å²) in [5.41, 5.74) is 3.42. The summed E-state index contributed by atoms with van der Waals surface area (Å²) in [4.78, 5) is 12.9. The van der Waals surface area contributed by atoms with Gasteiger partial charge in [-0.3, -0.25) is 9.10 Å². The van der Waals surface area contributed by atoms with Crippen LogP contribution in [0.5, 0.6) is 0 Å². The van der Waals surface area contributed by atoms with E-state index in [4.69, 9.17) is 4.74 Å². The predicted molar refractivity (Wildman–Crippen MR) is 135 cm³/mol. The van der Waals surface area contributed by atoms with Gasteiger partial charge in [0.15, 0.2) is 0 Å². The number of benzene rings is 2. The second-order valence-electron chi connectivity index (χ2n) is 8.65. The van der Waals surface area contributed by atoms with E-state index in [1.54, 1.807) is 0 Å². The Hall–Kier alpha value is -2.47. The second-order valence-corrected chi connectivity index (χ2v) is 12.5. The van der Waals surface area contributed by atoms with E-state index in [1.807, 2.05) is 39.0 Å². The molecule has 11 heteroatoms. The zero-order valence-corrected chi connectivity index (χ0v) is 22.2. The molecular formula is C24H33N3O6S2. The molecule has 0 bridgehead atoms. The number of hydrogen-bond donors (Lipinski definition) is 1. The Morgan fingerprint density at radius 1 is 1.03 bits per heavy atom. The van der Waals surface area contributed by atoms with E-state index in [0.717, 1.165) is 27.3 Å². The van der Waals surface area contributed by atoms with Crippen molar-refractivity contribution in [2.75, 3.05) is 43.4 Å². The van der Waals surface area contributed by atoms with Gasteiger partial charge in [0.05, 0.1) is 36.1 Å². The SMILES string of the molecule is CCC(NC(=O)CN(c1ccc(S(=O)(=O)N2CCOCC2)cc1)S(C)(=O)=O)c1ccc(C)c(C)c1. The zero-order valence-electron chi connectivity index (χ0n) is 20.5. The van der Waals surface area contributed by atoms with E-state index in [0.29, 0.717) is 19.6 Å². The summed E-state index contributed by atoms with van der Waals surface area (Å²) < 4.78 is 58.2. The van der Waals surface area contributed by atoms with Gasteiger partial charge < -0.3 is 10.1 Å². The maximum absolute atomic E-state index is 12.9. The summed E-state index contributed by atoms with van der Waals surface area (Å²) in [6.07, 6.45) is 1.65. The van der Waals surface area contributed by atoms with Gasteiger partial charge in [0.1, 0.15) is 6.54 Å². The molecular weight excluding hydrogens is 490 g/mol. The topological polar surface area (TPSA) is 113 Å². The van der Waals surface area contributed by atoms with E-state index in [1.165, 1.54) is 28.6 Å². The number of hydrogen-bond acceptors (Lipinski definition) is 6. The van der Waals surface area contributed by atoms with Gasteiger partial charge in [0, 0.05) is 13.1 Å². The molecule has 1 aliphatic heterocycles. The molecule has 1 fully saturated rings. The Balaban J connectivity index is 1.78. The Kier molecular flexibility index (Phi) is 8.58. The highest BCUT2D eigenvalue weighted by atomic mass is 32.2. The molecule has 2 aromatic rings.